The number of aromatic nitrogens is 1. The molecule has 1 aliphatic rings. The number of anilines is 1. The zero-order valence-corrected chi connectivity index (χ0v) is 13.6. The second-order valence-electron chi connectivity index (χ2n) is 5.68. The molecular weight excluding hydrogens is 325 g/mol. The van der Waals surface area contributed by atoms with Crippen LogP contribution in [0.2, 0.25) is 0 Å². The number of hydrogen-bond donors (Lipinski definition) is 0. The number of piperidine rings is 1. The topological polar surface area (TPSA) is 33.2 Å². The Morgan fingerprint density at radius 1 is 1.30 bits per heavy atom. The smallest absolute Gasteiger partial charge is 0.357 e. The Labute approximate surface area is 136 Å². The van der Waals surface area contributed by atoms with Crippen LogP contribution in [0.4, 0.5) is 19.0 Å². The number of carbonyl (C=O) groups excluding carboxylic acids is 1. The molecule has 3 heterocycles. The number of alkyl halides is 3. The van der Waals surface area contributed by atoms with Crippen molar-refractivity contribution in [3.63, 3.8) is 0 Å². The molecule has 0 bridgehead atoms. The molecule has 23 heavy (non-hydrogen) atoms. The third-order valence-corrected chi connectivity index (χ3v) is 5.12. The number of thiophene rings is 1. The average Bonchev–Trinajstić information content (AvgIpc) is 2.97. The van der Waals surface area contributed by atoms with Gasteiger partial charge in [-0.2, -0.15) is 13.2 Å². The molecule has 1 fully saturated rings. The van der Waals surface area contributed by atoms with Crippen LogP contribution in [0.25, 0.3) is 10.2 Å². The van der Waals surface area contributed by atoms with Crippen LogP contribution in [0.1, 0.15) is 48.5 Å². The molecule has 0 unspecified atom stereocenters. The van der Waals surface area contributed by atoms with Gasteiger partial charge in [0.05, 0.1) is 21.3 Å². The van der Waals surface area contributed by atoms with Crippen molar-refractivity contribution in [2.24, 2.45) is 0 Å². The van der Waals surface area contributed by atoms with Crippen LogP contribution in [-0.2, 0) is 6.18 Å². The largest absolute Gasteiger partial charge is 0.417 e. The second kappa shape index (κ2) is 6.11. The highest BCUT2D eigenvalue weighted by molar-refractivity contribution is 7.17. The van der Waals surface area contributed by atoms with Crippen molar-refractivity contribution in [3.05, 3.63) is 22.6 Å². The van der Waals surface area contributed by atoms with Gasteiger partial charge >= 0.3 is 6.18 Å². The predicted molar refractivity (Wildman–Crippen MR) is 85.3 cm³/mol. The van der Waals surface area contributed by atoms with E-state index in [1.165, 1.54) is 5.38 Å². The molecule has 7 heteroatoms. The normalized spacial score (nSPS) is 16.1. The number of fused-ring (bicyclic) bond motifs is 1. The van der Waals surface area contributed by atoms with E-state index >= 15 is 0 Å². The maximum Gasteiger partial charge on any atom is 0.417 e. The molecule has 2 aromatic heterocycles. The van der Waals surface area contributed by atoms with E-state index in [2.05, 4.69) is 4.98 Å². The van der Waals surface area contributed by atoms with Crippen LogP contribution in [0.5, 0.6) is 0 Å². The Morgan fingerprint density at radius 2 is 2.00 bits per heavy atom. The van der Waals surface area contributed by atoms with E-state index in [1.54, 1.807) is 6.92 Å². The van der Waals surface area contributed by atoms with Gasteiger partial charge in [-0.05, 0) is 25.3 Å². The highest BCUT2D eigenvalue weighted by atomic mass is 32.1. The maximum absolute atomic E-state index is 13.4. The van der Waals surface area contributed by atoms with Gasteiger partial charge in [0.2, 0.25) is 0 Å². The minimum absolute atomic E-state index is 0.0510. The number of carbonyl (C=O) groups is 1. The molecule has 0 spiro atoms. The summed E-state index contributed by atoms with van der Waals surface area (Å²) in [6, 6.07) is 1.13. The average molecular weight is 342 g/mol. The lowest BCUT2D eigenvalue weighted by Gasteiger charge is -2.28. The number of rotatable bonds is 3. The zero-order valence-electron chi connectivity index (χ0n) is 12.7. The maximum atomic E-state index is 13.4. The van der Waals surface area contributed by atoms with Crippen LogP contribution in [0, 0.1) is 0 Å². The SMILES string of the molecule is CCC(=O)c1csc2c(C(F)(F)F)cc(N3CCCCC3)nc12. The first-order chi connectivity index (χ1) is 10.9. The van der Waals surface area contributed by atoms with Gasteiger partial charge in [-0.1, -0.05) is 6.92 Å². The quantitative estimate of drug-likeness (QED) is 0.744. The van der Waals surface area contributed by atoms with Crippen molar-refractivity contribution in [1.82, 2.24) is 4.98 Å². The molecular formula is C16H17F3N2OS. The van der Waals surface area contributed by atoms with Crippen LogP contribution in [0.15, 0.2) is 11.4 Å². The van der Waals surface area contributed by atoms with Crippen LogP contribution in [0.3, 0.4) is 0 Å². The Morgan fingerprint density at radius 3 is 2.61 bits per heavy atom. The second-order valence-corrected chi connectivity index (χ2v) is 6.56. The first-order valence-electron chi connectivity index (χ1n) is 7.69. The monoisotopic (exact) mass is 342 g/mol. The standard InChI is InChI=1S/C16H17F3N2OS/c1-2-12(22)10-9-23-15-11(16(17,18)19)8-13(20-14(10)15)21-6-4-3-5-7-21/h8-9H,2-7H2,1H3. The summed E-state index contributed by atoms with van der Waals surface area (Å²) >= 11 is 0.945. The summed E-state index contributed by atoms with van der Waals surface area (Å²) in [6.07, 6.45) is -1.22. The summed E-state index contributed by atoms with van der Waals surface area (Å²) in [5, 5.41) is 1.50. The summed E-state index contributed by atoms with van der Waals surface area (Å²) in [5.41, 5.74) is -0.197. The highest BCUT2D eigenvalue weighted by Crippen LogP contribution is 2.40. The lowest BCUT2D eigenvalue weighted by atomic mass is 10.1. The fraction of sp³-hybridized carbons (Fsp3) is 0.500. The van der Waals surface area contributed by atoms with Gasteiger partial charge < -0.3 is 4.90 Å². The van der Waals surface area contributed by atoms with Gasteiger partial charge in [-0.3, -0.25) is 4.79 Å². The number of Topliss-reactive ketones (excluding diaryl/α,β-unsaturated/α-hetero) is 1. The zero-order chi connectivity index (χ0) is 16.6. The van der Waals surface area contributed by atoms with Gasteiger partial charge in [-0.15, -0.1) is 11.3 Å². The summed E-state index contributed by atoms with van der Waals surface area (Å²) in [7, 11) is 0. The Kier molecular flexibility index (Phi) is 4.31. The molecule has 0 amide bonds. The van der Waals surface area contributed by atoms with Gasteiger partial charge in [-0.25, -0.2) is 4.98 Å². The molecule has 3 rings (SSSR count). The molecule has 1 aliphatic heterocycles. The van der Waals surface area contributed by atoms with E-state index in [4.69, 9.17) is 0 Å². The van der Waals surface area contributed by atoms with E-state index in [1.807, 2.05) is 4.90 Å². The van der Waals surface area contributed by atoms with Crippen LogP contribution in [-0.4, -0.2) is 23.9 Å². The third-order valence-electron chi connectivity index (χ3n) is 4.12. The van der Waals surface area contributed by atoms with E-state index < -0.39 is 11.7 Å². The first-order valence-corrected chi connectivity index (χ1v) is 8.57. The van der Waals surface area contributed by atoms with Crippen LogP contribution >= 0.6 is 11.3 Å². The summed E-state index contributed by atoms with van der Waals surface area (Å²) < 4.78 is 40.3. The molecule has 0 aromatic carbocycles. The lowest BCUT2D eigenvalue weighted by molar-refractivity contribution is -0.136. The van der Waals surface area contributed by atoms with Crippen molar-refractivity contribution in [2.45, 2.75) is 38.8 Å². The molecule has 1 saturated heterocycles. The van der Waals surface area contributed by atoms with Crippen LogP contribution < -0.4 is 4.90 Å². The first kappa shape index (κ1) is 16.2. The molecule has 0 atom stereocenters. The number of ketones is 1. The fourth-order valence-corrected chi connectivity index (χ4v) is 3.93. The molecule has 3 nitrogen and oxygen atoms in total. The molecule has 124 valence electrons. The Hall–Kier alpha value is -1.63. The number of nitrogens with zero attached hydrogens (tertiary/aromatic N) is 2. The molecule has 0 saturated carbocycles. The lowest BCUT2D eigenvalue weighted by Crippen LogP contribution is -2.30. The van der Waals surface area contributed by atoms with E-state index in [-0.39, 0.29) is 22.4 Å². The van der Waals surface area contributed by atoms with Crippen molar-refractivity contribution in [2.75, 3.05) is 18.0 Å². The number of hydrogen-bond acceptors (Lipinski definition) is 4. The molecule has 0 radical (unpaired) electrons. The Bertz CT molecular complexity index is 733. The molecule has 2 aromatic rings. The van der Waals surface area contributed by atoms with Crippen molar-refractivity contribution in [3.8, 4) is 0 Å². The Balaban J connectivity index is 2.19. The molecule has 0 aliphatic carbocycles. The predicted octanol–water partition coefficient (Wildman–Crippen LogP) is 4.90. The van der Waals surface area contributed by atoms with Gasteiger partial charge in [0, 0.05) is 24.9 Å². The minimum atomic E-state index is -4.46. The fourth-order valence-electron chi connectivity index (χ4n) is 2.88. The van der Waals surface area contributed by atoms with Gasteiger partial charge in [0.15, 0.2) is 5.78 Å². The van der Waals surface area contributed by atoms with Gasteiger partial charge in [0.1, 0.15) is 5.82 Å². The van der Waals surface area contributed by atoms with Crippen molar-refractivity contribution >= 4 is 33.2 Å². The van der Waals surface area contributed by atoms with Crippen molar-refractivity contribution < 1.29 is 18.0 Å². The van der Waals surface area contributed by atoms with E-state index in [0.29, 0.717) is 24.5 Å². The van der Waals surface area contributed by atoms with Crippen molar-refractivity contribution in [1.29, 1.82) is 0 Å². The highest BCUT2D eigenvalue weighted by Gasteiger charge is 2.35. The summed E-state index contributed by atoms with van der Waals surface area (Å²) in [4.78, 5) is 18.3. The van der Waals surface area contributed by atoms with E-state index in [9.17, 15) is 18.0 Å². The van der Waals surface area contributed by atoms with Gasteiger partial charge in [0.25, 0.3) is 0 Å². The molecule has 0 N–H and O–H groups in total. The van der Waals surface area contributed by atoms with E-state index in [0.717, 1.165) is 36.7 Å². The summed E-state index contributed by atoms with van der Waals surface area (Å²) in [5.74, 6) is 0.153. The summed E-state index contributed by atoms with van der Waals surface area (Å²) in [6.45, 7) is 3.11. The number of pyridine rings is 1. The third kappa shape index (κ3) is 3.06. The minimum Gasteiger partial charge on any atom is -0.357 e. The number of halogens is 3.